The molecule has 0 N–H and O–H groups in total. The van der Waals surface area contributed by atoms with Crippen molar-refractivity contribution in [2.45, 2.75) is 20.0 Å². The molecule has 4 heteroatoms. The first-order valence-corrected chi connectivity index (χ1v) is 6.24. The second kappa shape index (κ2) is 4.20. The third-order valence-corrected chi connectivity index (χ3v) is 3.37. The third-order valence-electron chi connectivity index (χ3n) is 3.37. The van der Waals surface area contributed by atoms with Crippen molar-refractivity contribution in [3.05, 3.63) is 53.2 Å². The highest BCUT2D eigenvalue weighted by Crippen LogP contribution is 2.36. The molecule has 3 aromatic rings. The van der Waals surface area contributed by atoms with Crippen LogP contribution < -0.4 is 0 Å². The van der Waals surface area contributed by atoms with Crippen molar-refractivity contribution in [1.29, 1.82) is 0 Å². The van der Waals surface area contributed by atoms with Gasteiger partial charge in [-0.25, -0.2) is 4.98 Å². The van der Waals surface area contributed by atoms with Crippen LogP contribution in [0.25, 0.3) is 21.7 Å². The SMILES string of the molecule is Cc1ccc2nc(C(F)(F)F)c3ccc(C)cc3c2c1. The standard InChI is InChI=1S/C16H12F3N/c1-9-3-5-11-12(7-9)13-8-10(2)4-6-14(13)20-15(11)16(17,18)19/h3-8H,1-2H3. The Labute approximate surface area is 114 Å². The monoisotopic (exact) mass is 275 g/mol. The van der Waals surface area contributed by atoms with Crippen molar-refractivity contribution >= 4 is 21.7 Å². The van der Waals surface area contributed by atoms with E-state index < -0.39 is 11.9 Å². The maximum absolute atomic E-state index is 13.2. The number of nitrogens with zero attached hydrogens (tertiary/aromatic N) is 1. The summed E-state index contributed by atoms with van der Waals surface area (Å²) in [5.74, 6) is 0. The molecule has 0 saturated heterocycles. The van der Waals surface area contributed by atoms with Gasteiger partial charge < -0.3 is 0 Å². The maximum Gasteiger partial charge on any atom is 0.433 e. The van der Waals surface area contributed by atoms with Gasteiger partial charge in [-0.3, -0.25) is 0 Å². The predicted octanol–water partition coefficient (Wildman–Crippen LogP) is 5.02. The van der Waals surface area contributed by atoms with Crippen LogP contribution >= 0.6 is 0 Å². The lowest BCUT2D eigenvalue weighted by molar-refractivity contribution is -0.139. The van der Waals surface area contributed by atoms with E-state index in [1.165, 1.54) is 6.07 Å². The molecule has 0 atom stereocenters. The average molecular weight is 275 g/mol. The Morgan fingerprint density at radius 2 is 1.40 bits per heavy atom. The van der Waals surface area contributed by atoms with Crippen LogP contribution in [0.1, 0.15) is 16.8 Å². The predicted molar refractivity (Wildman–Crippen MR) is 73.7 cm³/mol. The van der Waals surface area contributed by atoms with Gasteiger partial charge in [-0.15, -0.1) is 0 Å². The summed E-state index contributed by atoms with van der Waals surface area (Å²) < 4.78 is 39.5. The number of hydrogen-bond acceptors (Lipinski definition) is 1. The van der Waals surface area contributed by atoms with E-state index in [9.17, 15) is 13.2 Å². The summed E-state index contributed by atoms with van der Waals surface area (Å²) in [7, 11) is 0. The number of alkyl halides is 3. The molecule has 0 unspecified atom stereocenters. The number of hydrogen-bond donors (Lipinski definition) is 0. The van der Waals surface area contributed by atoms with Crippen LogP contribution in [-0.2, 0) is 6.18 Å². The first-order valence-electron chi connectivity index (χ1n) is 6.24. The van der Waals surface area contributed by atoms with Crippen molar-refractivity contribution in [2.24, 2.45) is 0 Å². The highest BCUT2D eigenvalue weighted by atomic mass is 19.4. The van der Waals surface area contributed by atoms with Crippen molar-refractivity contribution in [3.63, 3.8) is 0 Å². The van der Waals surface area contributed by atoms with E-state index in [1.807, 2.05) is 19.9 Å². The molecule has 20 heavy (non-hydrogen) atoms. The van der Waals surface area contributed by atoms with Gasteiger partial charge in [0.05, 0.1) is 5.52 Å². The molecular formula is C16H12F3N. The number of rotatable bonds is 0. The highest BCUT2D eigenvalue weighted by Gasteiger charge is 2.35. The van der Waals surface area contributed by atoms with Crippen molar-refractivity contribution in [1.82, 2.24) is 4.98 Å². The molecule has 0 aliphatic carbocycles. The normalized spacial score (nSPS) is 12.2. The van der Waals surface area contributed by atoms with Crippen LogP contribution in [0.2, 0.25) is 0 Å². The van der Waals surface area contributed by atoms with Crippen LogP contribution in [0.5, 0.6) is 0 Å². The van der Waals surface area contributed by atoms with Crippen molar-refractivity contribution in [3.8, 4) is 0 Å². The fourth-order valence-corrected chi connectivity index (χ4v) is 2.45. The molecule has 0 aliphatic rings. The van der Waals surface area contributed by atoms with Crippen LogP contribution in [0.3, 0.4) is 0 Å². The lowest BCUT2D eigenvalue weighted by Crippen LogP contribution is -2.09. The van der Waals surface area contributed by atoms with Gasteiger partial charge >= 0.3 is 6.18 Å². The Kier molecular flexibility index (Phi) is 2.71. The Hall–Kier alpha value is -2.10. The molecule has 1 heterocycles. The number of halogens is 3. The quantitative estimate of drug-likeness (QED) is 0.525. The Morgan fingerprint density at radius 1 is 0.800 bits per heavy atom. The minimum atomic E-state index is -4.45. The number of aryl methyl sites for hydroxylation is 2. The van der Waals surface area contributed by atoms with Crippen molar-refractivity contribution in [2.75, 3.05) is 0 Å². The molecule has 0 aliphatic heterocycles. The summed E-state index contributed by atoms with van der Waals surface area (Å²) in [6.45, 7) is 3.79. The average Bonchev–Trinajstić information content (AvgIpc) is 2.36. The van der Waals surface area contributed by atoms with E-state index >= 15 is 0 Å². The fraction of sp³-hybridized carbons (Fsp3) is 0.188. The molecular weight excluding hydrogens is 263 g/mol. The first kappa shape index (κ1) is 12.9. The fourth-order valence-electron chi connectivity index (χ4n) is 2.45. The number of benzene rings is 2. The Morgan fingerprint density at radius 3 is 2.05 bits per heavy atom. The molecule has 0 bridgehead atoms. The van der Waals surface area contributed by atoms with E-state index in [1.54, 1.807) is 24.3 Å². The molecule has 0 spiro atoms. The molecule has 3 rings (SSSR count). The zero-order chi connectivity index (χ0) is 14.5. The van der Waals surface area contributed by atoms with E-state index in [2.05, 4.69) is 4.98 Å². The van der Waals surface area contributed by atoms with Crippen LogP contribution in [0, 0.1) is 13.8 Å². The third kappa shape index (κ3) is 2.01. The Balaban J connectivity index is 2.55. The second-order valence-electron chi connectivity index (χ2n) is 5.03. The minimum Gasteiger partial charge on any atom is -0.243 e. The summed E-state index contributed by atoms with van der Waals surface area (Å²) in [6.07, 6.45) is -4.45. The van der Waals surface area contributed by atoms with Gasteiger partial charge in [-0.2, -0.15) is 13.2 Å². The first-order chi connectivity index (χ1) is 9.36. The lowest BCUT2D eigenvalue weighted by Gasteiger charge is -2.13. The zero-order valence-electron chi connectivity index (χ0n) is 11.0. The Bertz CT molecular complexity index is 819. The van der Waals surface area contributed by atoms with Gasteiger partial charge in [-0.05, 0) is 31.4 Å². The molecule has 2 aromatic carbocycles. The van der Waals surface area contributed by atoms with Gasteiger partial charge in [-0.1, -0.05) is 35.4 Å². The van der Waals surface area contributed by atoms with E-state index in [0.717, 1.165) is 16.5 Å². The molecule has 0 amide bonds. The van der Waals surface area contributed by atoms with E-state index in [0.29, 0.717) is 10.9 Å². The molecule has 0 radical (unpaired) electrons. The molecule has 0 fully saturated rings. The van der Waals surface area contributed by atoms with Gasteiger partial charge in [0.25, 0.3) is 0 Å². The maximum atomic E-state index is 13.2. The smallest absolute Gasteiger partial charge is 0.243 e. The van der Waals surface area contributed by atoms with Gasteiger partial charge in [0.15, 0.2) is 5.69 Å². The van der Waals surface area contributed by atoms with Gasteiger partial charge in [0, 0.05) is 10.8 Å². The minimum absolute atomic E-state index is 0.154. The summed E-state index contributed by atoms with van der Waals surface area (Å²) in [4.78, 5) is 3.82. The molecule has 102 valence electrons. The number of aromatic nitrogens is 1. The summed E-state index contributed by atoms with van der Waals surface area (Å²) in [6, 6.07) is 10.3. The number of pyridine rings is 1. The topological polar surface area (TPSA) is 12.9 Å². The number of fused-ring (bicyclic) bond motifs is 3. The van der Waals surface area contributed by atoms with Gasteiger partial charge in [0.2, 0.25) is 0 Å². The lowest BCUT2D eigenvalue weighted by atomic mass is 10.0. The molecule has 1 aromatic heterocycles. The molecule has 1 nitrogen and oxygen atoms in total. The van der Waals surface area contributed by atoms with Crippen LogP contribution in [0.15, 0.2) is 36.4 Å². The summed E-state index contributed by atoms with van der Waals surface area (Å²) >= 11 is 0. The second-order valence-corrected chi connectivity index (χ2v) is 5.03. The van der Waals surface area contributed by atoms with Crippen molar-refractivity contribution < 1.29 is 13.2 Å². The molecule has 0 saturated carbocycles. The summed E-state index contributed by atoms with van der Waals surface area (Å²) in [5.41, 5.74) is 1.49. The zero-order valence-corrected chi connectivity index (χ0v) is 11.0. The largest absolute Gasteiger partial charge is 0.433 e. The highest BCUT2D eigenvalue weighted by molar-refractivity contribution is 6.07. The van der Waals surface area contributed by atoms with Crippen LogP contribution in [0.4, 0.5) is 13.2 Å². The van der Waals surface area contributed by atoms with Gasteiger partial charge in [0.1, 0.15) is 0 Å². The summed E-state index contributed by atoms with van der Waals surface area (Å²) in [5, 5.41) is 1.52. The van der Waals surface area contributed by atoms with E-state index in [4.69, 9.17) is 0 Å². The van der Waals surface area contributed by atoms with E-state index in [-0.39, 0.29) is 5.39 Å². The van der Waals surface area contributed by atoms with Crippen LogP contribution in [-0.4, -0.2) is 4.98 Å².